The van der Waals surface area contributed by atoms with Gasteiger partial charge in [-0.25, -0.2) is 0 Å². The van der Waals surface area contributed by atoms with Gasteiger partial charge in [-0.3, -0.25) is 4.79 Å². The predicted molar refractivity (Wildman–Crippen MR) is 81.3 cm³/mol. The first-order chi connectivity index (χ1) is 8.99. The lowest BCUT2D eigenvalue weighted by Gasteiger charge is -2.14. The first-order valence-electron chi connectivity index (χ1n) is 6.83. The number of hydrogen-bond donors (Lipinski definition) is 0. The Labute approximate surface area is 119 Å². The number of aryl methyl sites for hydroxylation is 3. The largest absolute Gasteiger partial charge is 0.377 e. The standard InChI is InChI=1S/C16H22O2S/c1-10-7-12(3)14(8-11(10)2)15(17)9-19-16-5-6-18-13(16)4/h7-8,13,16H,5-6,9H2,1-4H3. The number of ketones is 1. The first-order valence-corrected chi connectivity index (χ1v) is 7.88. The summed E-state index contributed by atoms with van der Waals surface area (Å²) in [6.07, 6.45) is 1.34. The molecule has 2 rings (SSSR count). The van der Waals surface area contributed by atoms with Gasteiger partial charge in [0.25, 0.3) is 0 Å². The van der Waals surface area contributed by atoms with Crippen LogP contribution in [0.4, 0.5) is 0 Å². The summed E-state index contributed by atoms with van der Waals surface area (Å²) in [7, 11) is 0. The molecule has 19 heavy (non-hydrogen) atoms. The zero-order valence-electron chi connectivity index (χ0n) is 12.2. The van der Waals surface area contributed by atoms with Gasteiger partial charge in [0.15, 0.2) is 5.78 Å². The van der Waals surface area contributed by atoms with Crippen molar-refractivity contribution in [2.75, 3.05) is 12.4 Å². The Hall–Kier alpha value is -0.800. The van der Waals surface area contributed by atoms with Crippen LogP contribution in [0.1, 0.15) is 40.4 Å². The molecule has 0 aliphatic carbocycles. The third-order valence-electron chi connectivity index (χ3n) is 3.88. The molecule has 0 bridgehead atoms. The summed E-state index contributed by atoms with van der Waals surface area (Å²) in [6, 6.07) is 4.14. The van der Waals surface area contributed by atoms with Crippen molar-refractivity contribution in [3.8, 4) is 0 Å². The highest BCUT2D eigenvalue weighted by molar-refractivity contribution is 8.00. The molecule has 1 aliphatic heterocycles. The normalized spacial score (nSPS) is 22.7. The molecule has 0 spiro atoms. The van der Waals surface area contributed by atoms with Crippen LogP contribution in [0.5, 0.6) is 0 Å². The van der Waals surface area contributed by atoms with Gasteiger partial charge in [0, 0.05) is 17.4 Å². The number of Topliss-reactive ketones (excluding diaryl/α,β-unsaturated/α-hetero) is 1. The molecule has 0 amide bonds. The van der Waals surface area contributed by atoms with Crippen molar-refractivity contribution in [2.24, 2.45) is 0 Å². The van der Waals surface area contributed by atoms with E-state index < -0.39 is 0 Å². The van der Waals surface area contributed by atoms with Gasteiger partial charge in [0.2, 0.25) is 0 Å². The molecule has 1 aromatic carbocycles. The van der Waals surface area contributed by atoms with Crippen molar-refractivity contribution in [3.05, 3.63) is 34.4 Å². The lowest BCUT2D eigenvalue weighted by molar-refractivity contribution is 0.102. The summed E-state index contributed by atoms with van der Waals surface area (Å²) in [5.41, 5.74) is 4.41. The van der Waals surface area contributed by atoms with Crippen LogP contribution in [0.15, 0.2) is 12.1 Å². The zero-order chi connectivity index (χ0) is 14.0. The fourth-order valence-corrected chi connectivity index (χ4v) is 3.59. The molecule has 1 aromatic rings. The van der Waals surface area contributed by atoms with Crippen LogP contribution >= 0.6 is 11.8 Å². The molecule has 1 saturated heterocycles. The number of benzene rings is 1. The van der Waals surface area contributed by atoms with Crippen molar-refractivity contribution in [1.29, 1.82) is 0 Å². The average Bonchev–Trinajstić information content (AvgIpc) is 2.76. The van der Waals surface area contributed by atoms with Crippen LogP contribution in [0.2, 0.25) is 0 Å². The van der Waals surface area contributed by atoms with E-state index in [0.717, 1.165) is 24.2 Å². The minimum Gasteiger partial charge on any atom is -0.377 e. The number of ether oxygens (including phenoxy) is 1. The summed E-state index contributed by atoms with van der Waals surface area (Å²) in [6.45, 7) is 9.09. The Balaban J connectivity index is 2.02. The number of hydrogen-bond acceptors (Lipinski definition) is 3. The van der Waals surface area contributed by atoms with Gasteiger partial charge < -0.3 is 4.74 Å². The van der Waals surface area contributed by atoms with Gasteiger partial charge in [0.1, 0.15) is 0 Å². The van der Waals surface area contributed by atoms with Crippen LogP contribution in [0, 0.1) is 20.8 Å². The van der Waals surface area contributed by atoms with E-state index in [2.05, 4.69) is 26.8 Å². The maximum Gasteiger partial charge on any atom is 0.173 e. The number of rotatable bonds is 4. The molecule has 2 unspecified atom stereocenters. The van der Waals surface area contributed by atoms with E-state index in [0.29, 0.717) is 11.0 Å². The SMILES string of the molecule is Cc1cc(C)c(C(=O)CSC2CCOC2C)cc1C. The van der Waals surface area contributed by atoms with Gasteiger partial charge in [0.05, 0.1) is 11.9 Å². The maximum atomic E-state index is 12.3. The summed E-state index contributed by atoms with van der Waals surface area (Å²) >= 11 is 1.74. The van der Waals surface area contributed by atoms with Crippen LogP contribution in [-0.4, -0.2) is 29.5 Å². The van der Waals surface area contributed by atoms with Crippen LogP contribution < -0.4 is 0 Å². The molecule has 2 nitrogen and oxygen atoms in total. The number of thioether (sulfide) groups is 1. The monoisotopic (exact) mass is 278 g/mol. The van der Waals surface area contributed by atoms with E-state index in [4.69, 9.17) is 4.74 Å². The van der Waals surface area contributed by atoms with E-state index in [9.17, 15) is 4.79 Å². The second-order valence-electron chi connectivity index (χ2n) is 5.39. The minimum absolute atomic E-state index is 0.240. The first kappa shape index (κ1) is 14.6. The van der Waals surface area contributed by atoms with E-state index in [-0.39, 0.29) is 11.9 Å². The molecule has 104 valence electrons. The number of carbonyl (C=O) groups is 1. The maximum absolute atomic E-state index is 12.3. The molecule has 1 fully saturated rings. The lowest BCUT2D eigenvalue weighted by atomic mass is 9.99. The fraction of sp³-hybridized carbons (Fsp3) is 0.562. The fourth-order valence-electron chi connectivity index (χ4n) is 2.45. The van der Waals surface area contributed by atoms with E-state index in [1.54, 1.807) is 11.8 Å². The Morgan fingerprint density at radius 1 is 1.26 bits per heavy atom. The quantitative estimate of drug-likeness (QED) is 0.785. The van der Waals surface area contributed by atoms with Crippen LogP contribution in [0.25, 0.3) is 0 Å². The summed E-state index contributed by atoms with van der Waals surface area (Å²) < 4.78 is 5.53. The molecule has 1 aliphatic rings. The molecule has 0 N–H and O–H groups in total. The molecule has 0 radical (unpaired) electrons. The summed E-state index contributed by atoms with van der Waals surface area (Å²) in [4.78, 5) is 12.3. The van der Waals surface area contributed by atoms with Gasteiger partial charge >= 0.3 is 0 Å². The van der Waals surface area contributed by atoms with Gasteiger partial charge in [-0.15, -0.1) is 11.8 Å². The second kappa shape index (κ2) is 6.10. The average molecular weight is 278 g/mol. The van der Waals surface area contributed by atoms with Crippen molar-refractivity contribution in [3.63, 3.8) is 0 Å². The van der Waals surface area contributed by atoms with Gasteiger partial charge in [-0.1, -0.05) is 6.07 Å². The highest BCUT2D eigenvalue weighted by Crippen LogP contribution is 2.27. The molecule has 0 aromatic heterocycles. The molecule has 3 heteroatoms. The molecular weight excluding hydrogens is 256 g/mol. The lowest BCUT2D eigenvalue weighted by Crippen LogP contribution is -2.16. The molecule has 1 heterocycles. The Morgan fingerprint density at radius 2 is 1.95 bits per heavy atom. The van der Waals surface area contributed by atoms with Crippen molar-refractivity contribution in [1.82, 2.24) is 0 Å². The third kappa shape index (κ3) is 3.40. The third-order valence-corrected chi connectivity index (χ3v) is 5.35. The topological polar surface area (TPSA) is 26.3 Å². The minimum atomic E-state index is 0.240. The van der Waals surface area contributed by atoms with E-state index >= 15 is 0 Å². The Kier molecular flexibility index (Phi) is 4.69. The molecule has 2 atom stereocenters. The smallest absolute Gasteiger partial charge is 0.173 e. The Bertz CT molecular complexity index is 482. The van der Waals surface area contributed by atoms with Gasteiger partial charge in [-0.2, -0.15) is 0 Å². The highest BCUT2D eigenvalue weighted by Gasteiger charge is 2.25. The van der Waals surface area contributed by atoms with E-state index in [1.807, 2.05) is 13.0 Å². The van der Waals surface area contributed by atoms with Crippen molar-refractivity contribution < 1.29 is 9.53 Å². The van der Waals surface area contributed by atoms with Crippen LogP contribution in [-0.2, 0) is 4.74 Å². The van der Waals surface area contributed by atoms with E-state index in [1.165, 1.54) is 11.1 Å². The van der Waals surface area contributed by atoms with Crippen LogP contribution in [0.3, 0.4) is 0 Å². The molecule has 0 saturated carbocycles. The predicted octanol–water partition coefficient (Wildman–Crippen LogP) is 3.71. The van der Waals surface area contributed by atoms with Gasteiger partial charge in [-0.05, 0) is 56.9 Å². The zero-order valence-corrected chi connectivity index (χ0v) is 13.0. The highest BCUT2D eigenvalue weighted by atomic mass is 32.2. The van der Waals surface area contributed by atoms with Crippen molar-refractivity contribution >= 4 is 17.5 Å². The Morgan fingerprint density at radius 3 is 2.58 bits per heavy atom. The summed E-state index contributed by atoms with van der Waals surface area (Å²) in [5.74, 6) is 0.798. The number of carbonyl (C=O) groups excluding carboxylic acids is 1. The van der Waals surface area contributed by atoms with Crippen molar-refractivity contribution in [2.45, 2.75) is 45.5 Å². The molecular formula is C16H22O2S. The second-order valence-corrected chi connectivity index (χ2v) is 6.62. The summed E-state index contributed by atoms with van der Waals surface area (Å²) in [5, 5.41) is 0.468.